The number of amides is 1. The topological polar surface area (TPSA) is 153 Å². The molecule has 1 radical (unpaired) electrons. The molecule has 3 N–H and O–H groups in total. The first-order chi connectivity index (χ1) is 12.6. The predicted octanol–water partition coefficient (Wildman–Crippen LogP) is -0.914. The molecule has 0 bridgehead atoms. The summed E-state index contributed by atoms with van der Waals surface area (Å²) in [6.07, 6.45) is 0. The first-order valence-corrected chi connectivity index (χ1v) is 8.58. The van der Waals surface area contributed by atoms with Gasteiger partial charge in [-0.1, -0.05) is 0 Å². The van der Waals surface area contributed by atoms with E-state index in [1.807, 2.05) is 0 Å². The minimum atomic E-state index is -0.939. The Hall–Kier alpha value is -0.656. The minimum absolute atomic E-state index is 0. The quantitative estimate of drug-likeness (QED) is 0.411. The van der Waals surface area contributed by atoms with E-state index in [0.717, 1.165) is 6.92 Å². The average molecular weight is 541 g/mol. The Bertz CT molecular complexity index is 503. The summed E-state index contributed by atoms with van der Waals surface area (Å²) in [4.78, 5) is 47.6. The van der Waals surface area contributed by atoms with E-state index in [0.29, 0.717) is 52.4 Å². The van der Waals surface area contributed by atoms with Crippen molar-refractivity contribution in [2.45, 2.75) is 13.8 Å². The molecule has 0 aromatic carbocycles. The molecule has 0 atom stereocenters. The van der Waals surface area contributed by atoms with Gasteiger partial charge in [-0.15, -0.1) is 13.1 Å². The second kappa shape index (κ2) is 17.2. The molecule has 1 rings (SSSR count). The van der Waals surface area contributed by atoms with E-state index in [1.54, 1.807) is 14.7 Å². The molecule has 0 aromatic heterocycles. The number of nitrogens with zero attached hydrogens (tertiary/aromatic N) is 4. The number of carbonyl (C=O) groups is 4. The first-order valence-electron chi connectivity index (χ1n) is 8.58. The summed E-state index contributed by atoms with van der Waals surface area (Å²) in [5.41, 5.74) is 0. The van der Waals surface area contributed by atoms with Crippen molar-refractivity contribution >= 4 is 23.8 Å². The van der Waals surface area contributed by atoms with E-state index in [9.17, 15) is 14.4 Å². The maximum absolute atomic E-state index is 11.6. The Morgan fingerprint density at radius 3 is 1.57 bits per heavy atom. The summed E-state index contributed by atoms with van der Waals surface area (Å²) in [5.74, 6) is -2.74. The molecule has 12 heteroatoms. The van der Waals surface area contributed by atoms with Crippen LogP contribution in [-0.2, 0) is 19.2 Å². The molecule has 0 aliphatic carbocycles. The fourth-order valence-electron chi connectivity index (χ4n) is 2.41. The van der Waals surface area contributed by atoms with Gasteiger partial charge in [0.1, 0.15) is 0 Å². The van der Waals surface area contributed by atoms with Gasteiger partial charge in [0.05, 0.1) is 13.1 Å². The van der Waals surface area contributed by atoms with Crippen molar-refractivity contribution in [2.75, 3.05) is 65.4 Å². The van der Waals surface area contributed by atoms with Crippen molar-refractivity contribution in [3.63, 3.8) is 0 Å². The van der Waals surface area contributed by atoms with Gasteiger partial charge in [-0.05, 0) is 6.54 Å². The molecule has 0 saturated carbocycles. The van der Waals surface area contributed by atoms with Gasteiger partial charge < -0.3 is 25.5 Å². The normalized spacial score (nSPS) is 17.0. The van der Waals surface area contributed by atoms with Crippen LogP contribution in [0.2, 0.25) is 0 Å². The second-order valence-electron chi connectivity index (χ2n) is 6.04. The van der Waals surface area contributed by atoms with E-state index >= 15 is 0 Å². The third-order valence-electron chi connectivity index (χ3n) is 3.68. The Morgan fingerprint density at radius 1 is 0.750 bits per heavy atom. The number of carbonyl (C=O) groups excluding carboxylic acids is 1. The van der Waals surface area contributed by atoms with E-state index in [1.165, 1.54) is 6.92 Å². The van der Waals surface area contributed by atoms with Crippen LogP contribution in [0.3, 0.4) is 0 Å². The Labute approximate surface area is 205 Å². The number of carboxylic acid groups (broad SMARTS) is 3. The number of rotatable bonds is 4. The zero-order chi connectivity index (χ0) is 20.8. The zero-order valence-corrected chi connectivity index (χ0v) is 18.6. The standard InChI is InChI=1S/C14H25N4O5.C2H4O2.Eu/c1-12(19)18-5-3-15-2-4-16(10-13(20)21)6-7-17(8-9-18)11-14(22)23;1-2(3)4;/h2-11H2,1H3,(H,20,21)(H,22,23);1H3,(H,3,4);/q-1;;. The molecule has 1 saturated heterocycles. The molecular weight excluding hydrogens is 512 g/mol. The maximum atomic E-state index is 11.6. The molecule has 1 amide bonds. The Morgan fingerprint density at radius 2 is 1.14 bits per heavy atom. The molecule has 1 fully saturated rings. The average Bonchev–Trinajstić information content (AvgIpc) is 2.50. The predicted molar refractivity (Wildman–Crippen MR) is 96.8 cm³/mol. The fourth-order valence-corrected chi connectivity index (χ4v) is 2.41. The number of hydrogen-bond acceptors (Lipinski definition) is 6. The third kappa shape index (κ3) is 17.4. The van der Waals surface area contributed by atoms with Gasteiger partial charge in [-0.25, -0.2) is 0 Å². The molecule has 1 aliphatic rings. The van der Waals surface area contributed by atoms with Gasteiger partial charge in [-0.3, -0.25) is 29.0 Å². The van der Waals surface area contributed by atoms with Crippen LogP contribution in [0, 0.1) is 49.4 Å². The van der Waals surface area contributed by atoms with Crippen LogP contribution >= 0.6 is 0 Å². The SMILES string of the molecule is CC(=O)N1CC[N-]CCN(CC(=O)O)CCN(CC(=O)O)CC1.CC(=O)O.[Eu]. The fraction of sp³-hybridized carbons (Fsp3) is 0.750. The second-order valence-corrected chi connectivity index (χ2v) is 6.04. The Kier molecular flexibility index (Phi) is 18.2. The summed E-state index contributed by atoms with van der Waals surface area (Å²) >= 11 is 0. The van der Waals surface area contributed by atoms with Gasteiger partial charge in [-0.2, -0.15) is 0 Å². The van der Waals surface area contributed by atoms with Crippen LogP contribution < -0.4 is 0 Å². The summed E-state index contributed by atoms with van der Waals surface area (Å²) in [5, 5.41) is 29.7. The van der Waals surface area contributed by atoms with Crippen molar-refractivity contribution < 1.29 is 83.9 Å². The van der Waals surface area contributed by atoms with E-state index in [4.69, 9.17) is 20.1 Å². The van der Waals surface area contributed by atoms with E-state index < -0.39 is 17.9 Å². The van der Waals surface area contributed by atoms with E-state index in [-0.39, 0.29) is 68.4 Å². The minimum Gasteiger partial charge on any atom is -0.660 e. The molecule has 11 nitrogen and oxygen atoms in total. The molecule has 0 spiro atoms. The number of carboxylic acids is 3. The first kappa shape index (κ1) is 29.5. The van der Waals surface area contributed by atoms with Crippen LogP contribution in [0.4, 0.5) is 0 Å². The smallest absolute Gasteiger partial charge is 0.317 e. The summed E-state index contributed by atoms with van der Waals surface area (Å²) in [6.45, 7) is 6.12. The molecule has 0 aromatic rings. The van der Waals surface area contributed by atoms with E-state index in [2.05, 4.69) is 5.32 Å². The molecule has 28 heavy (non-hydrogen) atoms. The summed E-state index contributed by atoms with van der Waals surface area (Å²) in [7, 11) is 0. The van der Waals surface area contributed by atoms with Crippen molar-refractivity contribution in [3.8, 4) is 0 Å². The van der Waals surface area contributed by atoms with Gasteiger partial charge >= 0.3 is 11.9 Å². The van der Waals surface area contributed by atoms with Gasteiger partial charge in [0.15, 0.2) is 0 Å². The van der Waals surface area contributed by atoms with Gasteiger partial charge in [0.2, 0.25) is 5.91 Å². The van der Waals surface area contributed by atoms with Gasteiger partial charge in [0, 0.05) is 95.9 Å². The van der Waals surface area contributed by atoms with Crippen molar-refractivity contribution in [3.05, 3.63) is 5.32 Å². The van der Waals surface area contributed by atoms with Crippen LogP contribution in [0.15, 0.2) is 0 Å². The van der Waals surface area contributed by atoms with Crippen molar-refractivity contribution in [1.29, 1.82) is 0 Å². The van der Waals surface area contributed by atoms with Crippen LogP contribution in [0.1, 0.15) is 13.8 Å². The number of aliphatic carboxylic acids is 3. The molecule has 0 unspecified atom stereocenters. The summed E-state index contributed by atoms with van der Waals surface area (Å²) in [6, 6.07) is 0. The van der Waals surface area contributed by atoms with Gasteiger partial charge in [0.25, 0.3) is 5.97 Å². The molecule has 1 aliphatic heterocycles. The summed E-state index contributed by atoms with van der Waals surface area (Å²) < 4.78 is 0. The largest absolute Gasteiger partial charge is 0.660 e. The van der Waals surface area contributed by atoms with Crippen molar-refractivity contribution in [2.24, 2.45) is 0 Å². The van der Waals surface area contributed by atoms with Crippen LogP contribution in [0.5, 0.6) is 0 Å². The number of hydrogen-bond donors (Lipinski definition) is 3. The zero-order valence-electron chi connectivity index (χ0n) is 16.2. The maximum Gasteiger partial charge on any atom is 0.317 e. The molecule has 1 heterocycles. The third-order valence-corrected chi connectivity index (χ3v) is 3.68. The molecule has 163 valence electrons. The Balaban J connectivity index is 0. The monoisotopic (exact) mass is 542 g/mol. The molecular formula is C16H29EuN4O7-. The van der Waals surface area contributed by atoms with Crippen LogP contribution in [0.25, 0.3) is 5.32 Å². The van der Waals surface area contributed by atoms with Crippen LogP contribution in [-0.4, -0.2) is 119 Å². The van der Waals surface area contributed by atoms with Crippen molar-refractivity contribution in [1.82, 2.24) is 14.7 Å².